The number of benzene rings is 3. The Balaban J connectivity index is 1.64. The van der Waals surface area contributed by atoms with E-state index >= 15 is 0 Å². The minimum Gasteiger partial charge on any atom is -0.493 e. The van der Waals surface area contributed by atoms with E-state index in [0.29, 0.717) is 26.2 Å². The van der Waals surface area contributed by atoms with Crippen molar-refractivity contribution in [1.82, 2.24) is 0 Å². The second kappa shape index (κ2) is 10.8. The van der Waals surface area contributed by atoms with E-state index in [4.69, 9.17) is 30.5 Å². The maximum Gasteiger partial charge on any atom is 0.363 e. The average Bonchev–Trinajstić information content (AvgIpc) is 3.21. The molecule has 0 bridgehead atoms. The van der Waals surface area contributed by atoms with Crippen LogP contribution in [0.4, 0.5) is 0 Å². The molecule has 0 spiro atoms. The van der Waals surface area contributed by atoms with Crippen LogP contribution >= 0.6 is 27.5 Å². The molecule has 1 heterocycles. The molecule has 4 rings (SSSR count). The van der Waals surface area contributed by atoms with Gasteiger partial charge in [0.05, 0.1) is 12.7 Å². The van der Waals surface area contributed by atoms with Gasteiger partial charge in [-0.15, -0.1) is 0 Å². The zero-order valence-electron chi connectivity index (χ0n) is 18.9. The summed E-state index contributed by atoms with van der Waals surface area (Å²) in [6.07, 6.45) is 1.45. The second-order valence-electron chi connectivity index (χ2n) is 7.37. The average molecular weight is 571 g/mol. The molecule has 0 N–H and O–H groups in total. The van der Waals surface area contributed by atoms with Crippen LogP contribution in [0.2, 0.25) is 5.02 Å². The molecule has 0 atom stereocenters. The van der Waals surface area contributed by atoms with Crippen molar-refractivity contribution in [3.05, 3.63) is 92.5 Å². The highest BCUT2D eigenvalue weighted by Gasteiger charge is 2.26. The lowest BCUT2D eigenvalue weighted by atomic mass is 10.1. The van der Waals surface area contributed by atoms with E-state index in [1.165, 1.54) is 32.2 Å². The van der Waals surface area contributed by atoms with Gasteiger partial charge in [0, 0.05) is 27.5 Å². The van der Waals surface area contributed by atoms with Crippen LogP contribution in [0.3, 0.4) is 0 Å². The predicted molar refractivity (Wildman–Crippen MR) is 135 cm³/mol. The maximum atomic E-state index is 12.6. The van der Waals surface area contributed by atoms with E-state index in [2.05, 4.69) is 20.9 Å². The molecule has 0 amide bonds. The first-order valence-electron chi connectivity index (χ1n) is 10.4. The number of cyclic esters (lactones) is 1. The van der Waals surface area contributed by atoms with Crippen molar-refractivity contribution in [2.45, 2.75) is 6.92 Å². The van der Waals surface area contributed by atoms with E-state index < -0.39 is 17.9 Å². The summed E-state index contributed by atoms with van der Waals surface area (Å²) in [5, 5.41) is 0.493. The molecule has 0 saturated carbocycles. The Morgan fingerprint density at radius 2 is 1.69 bits per heavy atom. The molecule has 0 radical (unpaired) electrons. The molecule has 3 aromatic carbocycles. The first-order chi connectivity index (χ1) is 17.2. The van der Waals surface area contributed by atoms with Gasteiger partial charge in [-0.05, 0) is 66.7 Å². The highest BCUT2D eigenvalue weighted by molar-refractivity contribution is 9.10. The molecule has 10 heteroatoms. The van der Waals surface area contributed by atoms with Gasteiger partial charge >= 0.3 is 17.9 Å². The van der Waals surface area contributed by atoms with Gasteiger partial charge in [0.1, 0.15) is 5.75 Å². The van der Waals surface area contributed by atoms with Crippen molar-refractivity contribution < 1.29 is 33.3 Å². The summed E-state index contributed by atoms with van der Waals surface area (Å²) in [7, 11) is 1.42. The summed E-state index contributed by atoms with van der Waals surface area (Å²) in [4.78, 5) is 40.7. The molecular weight excluding hydrogens is 554 g/mol. The third-order valence-electron chi connectivity index (χ3n) is 4.83. The topological polar surface area (TPSA) is 100 Å². The van der Waals surface area contributed by atoms with E-state index in [-0.39, 0.29) is 28.8 Å². The zero-order valence-corrected chi connectivity index (χ0v) is 21.3. The number of hydrogen-bond donors (Lipinski definition) is 0. The van der Waals surface area contributed by atoms with E-state index in [9.17, 15) is 14.4 Å². The fourth-order valence-electron chi connectivity index (χ4n) is 3.19. The molecule has 0 aliphatic carbocycles. The van der Waals surface area contributed by atoms with Crippen LogP contribution in [-0.2, 0) is 14.3 Å². The van der Waals surface area contributed by atoms with Crippen molar-refractivity contribution in [1.29, 1.82) is 0 Å². The molecule has 1 aliphatic rings. The summed E-state index contributed by atoms with van der Waals surface area (Å²) in [5.74, 6) is -1.05. The number of esters is 3. The van der Waals surface area contributed by atoms with E-state index in [1.54, 1.807) is 48.5 Å². The molecule has 0 unspecified atom stereocenters. The van der Waals surface area contributed by atoms with Gasteiger partial charge in [0.2, 0.25) is 5.90 Å². The van der Waals surface area contributed by atoms with Gasteiger partial charge in [0.25, 0.3) is 0 Å². The standard InChI is InChI=1S/C26H17BrClNO7/c1-14(30)34-22-9-5-16(13-23(22)33-2)24-29-20(26(32)36-24)12-17-11-18(27)6-10-21(17)35-25(31)15-3-7-19(28)8-4-15/h3-13H,1-2H3/b20-12-. The molecule has 1 aliphatic heterocycles. The highest BCUT2D eigenvalue weighted by Crippen LogP contribution is 2.31. The number of rotatable bonds is 6. The Morgan fingerprint density at radius 3 is 2.39 bits per heavy atom. The minimum atomic E-state index is -0.692. The van der Waals surface area contributed by atoms with Gasteiger partial charge in [-0.2, -0.15) is 0 Å². The number of aliphatic imine (C=N–C) groups is 1. The van der Waals surface area contributed by atoms with Crippen molar-refractivity contribution in [3.8, 4) is 17.2 Å². The summed E-state index contributed by atoms with van der Waals surface area (Å²) >= 11 is 9.26. The summed E-state index contributed by atoms with van der Waals surface area (Å²) in [6.45, 7) is 1.27. The Kier molecular flexibility index (Phi) is 7.52. The van der Waals surface area contributed by atoms with Crippen molar-refractivity contribution >= 4 is 57.4 Å². The SMILES string of the molecule is COc1cc(C2=N/C(=C\c3cc(Br)ccc3OC(=O)c3ccc(Cl)cc3)C(=O)O2)ccc1OC(C)=O. The largest absolute Gasteiger partial charge is 0.493 e. The van der Waals surface area contributed by atoms with E-state index in [0.717, 1.165) is 0 Å². The van der Waals surface area contributed by atoms with Crippen LogP contribution in [0.15, 0.2) is 75.8 Å². The Morgan fingerprint density at radius 1 is 0.972 bits per heavy atom. The normalized spacial score (nSPS) is 13.7. The van der Waals surface area contributed by atoms with Crippen LogP contribution in [0.5, 0.6) is 17.2 Å². The zero-order chi connectivity index (χ0) is 25.8. The molecule has 36 heavy (non-hydrogen) atoms. The first-order valence-corrected chi connectivity index (χ1v) is 11.6. The van der Waals surface area contributed by atoms with Crippen LogP contribution in [-0.4, -0.2) is 30.9 Å². The minimum absolute atomic E-state index is 0.00470. The number of methoxy groups -OCH3 is 1. The lowest BCUT2D eigenvalue weighted by Gasteiger charge is -2.09. The lowest BCUT2D eigenvalue weighted by molar-refractivity contribution is -0.132. The Bertz CT molecular complexity index is 1430. The van der Waals surface area contributed by atoms with Crippen LogP contribution in [0.25, 0.3) is 6.08 Å². The smallest absolute Gasteiger partial charge is 0.363 e. The second-order valence-corrected chi connectivity index (χ2v) is 8.73. The first kappa shape index (κ1) is 25.2. The molecule has 8 nitrogen and oxygen atoms in total. The fraction of sp³-hybridized carbons (Fsp3) is 0.0769. The third-order valence-corrected chi connectivity index (χ3v) is 5.58. The predicted octanol–water partition coefficient (Wildman–Crippen LogP) is 5.60. The maximum absolute atomic E-state index is 12.6. The van der Waals surface area contributed by atoms with Crippen molar-refractivity contribution in [2.24, 2.45) is 4.99 Å². The van der Waals surface area contributed by atoms with Crippen LogP contribution in [0.1, 0.15) is 28.4 Å². The lowest BCUT2D eigenvalue weighted by Crippen LogP contribution is -2.09. The summed E-state index contributed by atoms with van der Waals surface area (Å²) < 4.78 is 21.9. The van der Waals surface area contributed by atoms with Crippen molar-refractivity contribution in [2.75, 3.05) is 7.11 Å². The number of ether oxygens (including phenoxy) is 4. The molecule has 0 aromatic heterocycles. The Labute approximate surface area is 219 Å². The molecule has 0 saturated heterocycles. The van der Waals surface area contributed by atoms with Gasteiger partial charge in [-0.25, -0.2) is 14.6 Å². The third kappa shape index (κ3) is 5.81. The summed E-state index contributed by atoms with van der Waals surface area (Å²) in [5.41, 5.74) is 1.16. The van der Waals surface area contributed by atoms with Gasteiger partial charge in [0.15, 0.2) is 17.2 Å². The molecule has 182 valence electrons. The number of nitrogens with zero attached hydrogens (tertiary/aromatic N) is 1. The highest BCUT2D eigenvalue weighted by atomic mass is 79.9. The Hall–Kier alpha value is -3.95. The molecule has 3 aromatic rings. The van der Waals surface area contributed by atoms with E-state index in [1.807, 2.05) is 0 Å². The number of carbonyl (C=O) groups excluding carboxylic acids is 3. The fourth-order valence-corrected chi connectivity index (χ4v) is 3.69. The number of carbonyl (C=O) groups is 3. The number of hydrogen-bond acceptors (Lipinski definition) is 8. The summed E-state index contributed by atoms with van der Waals surface area (Å²) in [6, 6.07) is 15.9. The molecule has 0 fully saturated rings. The molecular formula is C26H17BrClNO7. The van der Waals surface area contributed by atoms with Crippen LogP contribution < -0.4 is 14.2 Å². The number of halogens is 2. The van der Waals surface area contributed by atoms with Gasteiger partial charge < -0.3 is 18.9 Å². The van der Waals surface area contributed by atoms with Crippen molar-refractivity contribution in [3.63, 3.8) is 0 Å². The van der Waals surface area contributed by atoms with Gasteiger partial charge in [-0.1, -0.05) is 27.5 Å². The quantitative estimate of drug-likeness (QED) is 0.216. The monoisotopic (exact) mass is 569 g/mol. The van der Waals surface area contributed by atoms with Crippen LogP contribution in [0, 0.1) is 0 Å². The van der Waals surface area contributed by atoms with Gasteiger partial charge in [-0.3, -0.25) is 4.79 Å².